The third-order valence-corrected chi connectivity index (χ3v) is 2.59. The van der Waals surface area contributed by atoms with Crippen molar-refractivity contribution < 1.29 is 13.6 Å². The third-order valence-electron chi connectivity index (χ3n) is 2.59. The minimum Gasteiger partial charge on any atom is -0.329 e. The number of urea groups is 1. The molecule has 2 rings (SSSR count). The van der Waals surface area contributed by atoms with Gasteiger partial charge in [-0.25, -0.2) is 13.6 Å². The highest BCUT2D eigenvalue weighted by molar-refractivity contribution is 5.77. The first kappa shape index (κ1) is 11.3. The Balaban J connectivity index is 2.20. The molecule has 1 saturated heterocycles. The topological polar surface area (TPSA) is 56.1 Å². The molecule has 0 bridgehead atoms. The highest BCUT2D eigenvalue weighted by Gasteiger charge is 2.30. The summed E-state index contributed by atoms with van der Waals surface area (Å²) >= 11 is 0. The third kappa shape index (κ3) is 2.18. The van der Waals surface area contributed by atoms with Crippen LogP contribution >= 0.6 is 0 Å². The van der Waals surface area contributed by atoms with Crippen molar-refractivity contribution in [3.05, 3.63) is 35.4 Å². The molecule has 0 aliphatic carbocycles. The Bertz CT molecular complexity index is 498. The highest BCUT2D eigenvalue weighted by Crippen LogP contribution is 2.23. The highest BCUT2D eigenvalue weighted by atomic mass is 19.1. The average molecular weight is 237 g/mol. The molecule has 0 spiro atoms. The number of nitrogens with zero attached hydrogens (tertiary/aromatic N) is 2. The van der Waals surface area contributed by atoms with Gasteiger partial charge >= 0.3 is 6.03 Å². The van der Waals surface area contributed by atoms with Crippen molar-refractivity contribution in [2.45, 2.75) is 6.04 Å². The molecule has 0 saturated carbocycles. The molecule has 1 atom stereocenters. The van der Waals surface area contributed by atoms with Gasteiger partial charge in [-0.15, -0.1) is 0 Å². The zero-order chi connectivity index (χ0) is 12.4. The summed E-state index contributed by atoms with van der Waals surface area (Å²) in [5, 5.41) is 11.0. The summed E-state index contributed by atoms with van der Waals surface area (Å²) in [6.45, 7) is 0.153. The molecular weight excluding hydrogens is 228 g/mol. The summed E-state index contributed by atoms with van der Waals surface area (Å²) in [5.41, 5.74) is 0.222. The fourth-order valence-electron chi connectivity index (χ4n) is 1.77. The molecule has 1 heterocycles. The normalized spacial score (nSPS) is 19.0. The van der Waals surface area contributed by atoms with Crippen LogP contribution in [-0.4, -0.2) is 24.0 Å². The maximum atomic E-state index is 13.5. The van der Waals surface area contributed by atoms with E-state index in [4.69, 9.17) is 5.26 Å². The van der Waals surface area contributed by atoms with Gasteiger partial charge in [0, 0.05) is 18.2 Å². The molecule has 1 fully saturated rings. The molecule has 88 valence electrons. The molecule has 0 aromatic heterocycles. The van der Waals surface area contributed by atoms with Gasteiger partial charge in [0.1, 0.15) is 18.2 Å². The lowest BCUT2D eigenvalue weighted by atomic mass is 10.1. The Morgan fingerprint density at radius 1 is 1.53 bits per heavy atom. The van der Waals surface area contributed by atoms with Gasteiger partial charge in [0.15, 0.2) is 0 Å². The van der Waals surface area contributed by atoms with E-state index in [0.29, 0.717) is 0 Å². The molecule has 4 nitrogen and oxygen atoms in total. The van der Waals surface area contributed by atoms with E-state index in [2.05, 4.69) is 5.32 Å². The van der Waals surface area contributed by atoms with E-state index in [1.807, 2.05) is 6.07 Å². The van der Waals surface area contributed by atoms with Crippen molar-refractivity contribution in [2.75, 3.05) is 13.1 Å². The smallest absolute Gasteiger partial charge is 0.318 e. The Morgan fingerprint density at radius 2 is 2.29 bits per heavy atom. The van der Waals surface area contributed by atoms with Crippen LogP contribution in [-0.2, 0) is 0 Å². The second-order valence-electron chi connectivity index (χ2n) is 3.71. The zero-order valence-electron chi connectivity index (χ0n) is 8.78. The van der Waals surface area contributed by atoms with Crippen LogP contribution in [0.2, 0.25) is 0 Å². The maximum absolute atomic E-state index is 13.5. The standard InChI is InChI=1S/C11H9F2N3O/c12-7-1-2-8(9(13)5-7)10-6-16(4-3-14)11(17)15-10/h1-2,5,10H,4,6H2,(H,15,17). The van der Waals surface area contributed by atoms with E-state index >= 15 is 0 Å². The minimum absolute atomic E-state index is 0.0504. The van der Waals surface area contributed by atoms with Crippen molar-refractivity contribution in [1.29, 1.82) is 5.26 Å². The van der Waals surface area contributed by atoms with E-state index in [9.17, 15) is 13.6 Å². The fraction of sp³-hybridized carbons (Fsp3) is 0.273. The number of hydrogen-bond donors (Lipinski definition) is 1. The van der Waals surface area contributed by atoms with Gasteiger partial charge in [0.25, 0.3) is 0 Å². The predicted octanol–water partition coefficient (Wildman–Crippen LogP) is 1.55. The Hall–Kier alpha value is -2.16. The molecular formula is C11H9F2N3O. The van der Waals surface area contributed by atoms with Crippen LogP contribution in [0.5, 0.6) is 0 Å². The van der Waals surface area contributed by atoms with Crippen LogP contribution in [0.15, 0.2) is 18.2 Å². The molecule has 1 aromatic carbocycles. The Labute approximate surface area is 96.4 Å². The molecule has 1 aliphatic rings. The van der Waals surface area contributed by atoms with E-state index in [-0.39, 0.29) is 18.7 Å². The number of rotatable bonds is 2. The Morgan fingerprint density at radius 3 is 2.94 bits per heavy atom. The number of nitriles is 1. The maximum Gasteiger partial charge on any atom is 0.318 e. The molecule has 2 amide bonds. The summed E-state index contributed by atoms with van der Waals surface area (Å²) in [6, 6.07) is 4.09. The summed E-state index contributed by atoms with van der Waals surface area (Å²) < 4.78 is 26.2. The number of amides is 2. The molecule has 0 radical (unpaired) electrons. The molecule has 1 unspecified atom stereocenters. The van der Waals surface area contributed by atoms with Crippen LogP contribution in [0, 0.1) is 23.0 Å². The molecule has 17 heavy (non-hydrogen) atoms. The van der Waals surface area contributed by atoms with Crippen molar-refractivity contribution in [1.82, 2.24) is 10.2 Å². The van der Waals surface area contributed by atoms with E-state index in [1.54, 1.807) is 0 Å². The minimum atomic E-state index is -0.700. The summed E-state index contributed by atoms with van der Waals surface area (Å²) in [7, 11) is 0. The number of hydrogen-bond acceptors (Lipinski definition) is 2. The Kier molecular flexibility index (Phi) is 2.91. The number of halogens is 2. The lowest BCUT2D eigenvalue weighted by Crippen LogP contribution is -2.28. The van der Waals surface area contributed by atoms with Crippen LogP contribution in [0.3, 0.4) is 0 Å². The van der Waals surface area contributed by atoms with Crippen molar-refractivity contribution in [3.63, 3.8) is 0 Å². The van der Waals surface area contributed by atoms with Gasteiger partial charge in [-0.3, -0.25) is 0 Å². The van der Waals surface area contributed by atoms with Gasteiger partial charge in [-0.2, -0.15) is 5.26 Å². The van der Waals surface area contributed by atoms with Gasteiger partial charge in [-0.1, -0.05) is 6.07 Å². The van der Waals surface area contributed by atoms with Crippen LogP contribution < -0.4 is 5.32 Å². The van der Waals surface area contributed by atoms with Gasteiger partial charge < -0.3 is 10.2 Å². The lowest BCUT2D eigenvalue weighted by molar-refractivity contribution is 0.222. The summed E-state index contributed by atoms with van der Waals surface area (Å²) in [4.78, 5) is 12.7. The van der Waals surface area contributed by atoms with Crippen LogP contribution in [0.25, 0.3) is 0 Å². The first-order chi connectivity index (χ1) is 8.11. The number of carbonyl (C=O) groups excluding carboxylic acids is 1. The SMILES string of the molecule is N#CCN1CC(c2ccc(F)cc2F)NC1=O. The van der Waals surface area contributed by atoms with E-state index in [1.165, 1.54) is 11.0 Å². The van der Waals surface area contributed by atoms with E-state index in [0.717, 1.165) is 12.1 Å². The van der Waals surface area contributed by atoms with Crippen LogP contribution in [0.1, 0.15) is 11.6 Å². The predicted molar refractivity (Wildman–Crippen MR) is 54.8 cm³/mol. The molecule has 1 N–H and O–H groups in total. The zero-order valence-corrected chi connectivity index (χ0v) is 8.78. The first-order valence-corrected chi connectivity index (χ1v) is 4.99. The average Bonchev–Trinajstić information content (AvgIpc) is 2.60. The lowest BCUT2D eigenvalue weighted by Gasteiger charge is -2.11. The second kappa shape index (κ2) is 4.37. The molecule has 1 aromatic rings. The largest absolute Gasteiger partial charge is 0.329 e. The second-order valence-corrected chi connectivity index (χ2v) is 3.71. The number of nitrogens with one attached hydrogen (secondary N) is 1. The summed E-state index contributed by atoms with van der Waals surface area (Å²) in [5.74, 6) is -1.36. The van der Waals surface area contributed by atoms with Crippen molar-refractivity contribution in [2.24, 2.45) is 0 Å². The van der Waals surface area contributed by atoms with Crippen molar-refractivity contribution in [3.8, 4) is 6.07 Å². The first-order valence-electron chi connectivity index (χ1n) is 4.99. The summed E-state index contributed by atoms with van der Waals surface area (Å²) in [6.07, 6.45) is 0. The van der Waals surface area contributed by atoms with Crippen LogP contribution in [0.4, 0.5) is 13.6 Å². The van der Waals surface area contributed by atoms with Gasteiger partial charge in [0.2, 0.25) is 0 Å². The number of carbonyl (C=O) groups is 1. The fourth-order valence-corrected chi connectivity index (χ4v) is 1.77. The number of benzene rings is 1. The quantitative estimate of drug-likeness (QED) is 0.793. The molecule has 6 heteroatoms. The van der Waals surface area contributed by atoms with Gasteiger partial charge in [-0.05, 0) is 6.07 Å². The molecule has 1 aliphatic heterocycles. The monoisotopic (exact) mass is 237 g/mol. The van der Waals surface area contributed by atoms with Crippen molar-refractivity contribution >= 4 is 6.03 Å². The van der Waals surface area contributed by atoms with E-state index < -0.39 is 23.7 Å². The van der Waals surface area contributed by atoms with Gasteiger partial charge in [0.05, 0.1) is 12.1 Å².